The summed E-state index contributed by atoms with van der Waals surface area (Å²) in [6.07, 6.45) is 26.6. The third kappa shape index (κ3) is 5.57. The van der Waals surface area contributed by atoms with Gasteiger partial charge in [-0.1, -0.05) is 146 Å². The minimum Gasteiger partial charge on any atom is -0.387 e. The van der Waals surface area contributed by atoms with E-state index in [1.807, 2.05) is 0 Å². The molecule has 0 bridgehead atoms. The molecule has 5 heteroatoms. The zero-order chi connectivity index (χ0) is 34.4. The van der Waals surface area contributed by atoms with Crippen LogP contribution in [0.15, 0.2) is 169 Å². The van der Waals surface area contributed by atoms with Gasteiger partial charge in [-0.15, -0.1) is 0 Å². The molecule has 4 aromatic carbocycles. The first-order valence-corrected chi connectivity index (χ1v) is 18.0. The molecule has 5 aromatic rings. The molecule has 0 radical (unpaired) electrons. The topological polar surface area (TPSA) is 61.0 Å². The Morgan fingerprint density at radius 2 is 1.40 bits per heavy atom. The lowest BCUT2D eigenvalue weighted by Gasteiger charge is -2.29. The molecular weight excluding hydrogens is 635 g/mol. The number of benzene rings is 4. The lowest BCUT2D eigenvalue weighted by molar-refractivity contribution is 0.815. The van der Waals surface area contributed by atoms with Gasteiger partial charge in [0.25, 0.3) is 0 Å². The summed E-state index contributed by atoms with van der Waals surface area (Å²) >= 11 is 0. The van der Waals surface area contributed by atoms with Crippen molar-refractivity contribution >= 4 is 45.7 Å². The number of fused-ring (bicyclic) bond motifs is 5. The lowest BCUT2D eigenvalue weighted by Crippen LogP contribution is -2.31. The number of hydrogen-bond acceptors (Lipinski definition) is 5. The quantitative estimate of drug-likeness (QED) is 0.150. The van der Waals surface area contributed by atoms with Crippen molar-refractivity contribution in [2.24, 2.45) is 0 Å². The third-order valence-electron chi connectivity index (χ3n) is 10.6. The fraction of sp³-hybridized carbons (Fsp3) is 0.0851. The normalized spacial score (nSPS) is 20.8. The predicted molar refractivity (Wildman–Crippen MR) is 217 cm³/mol. The van der Waals surface area contributed by atoms with E-state index in [9.17, 15) is 0 Å². The molecule has 5 nitrogen and oxygen atoms in total. The molecule has 4 aliphatic heterocycles. The van der Waals surface area contributed by atoms with Gasteiger partial charge in [0.05, 0.1) is 35.0 Å². The second-order valence-corrected chi connectivity index (χ2v) is 13.8. The molecule has 52 heavy (non-hydrogen) atoms. The molecule has 5 aliphatic rings. The van der Waals surface area contributed by atoms with Crippen molar-refractivity contribution in [2.45, 2.75) is 18.1 Å². The summed E-state index contributed by atoms with van der Waals surface area (Å²) in [4.78, 5) is 5.21. The zero-order valence-corrected chi connectivity index (χ0v) is 28.6. The Labute approximate surface area is 303 Å². The van der Waals surface area contributed by atoms with Crippen LogP contribution in [0.5, 0.6) is 0 Å². The summed E-state index contributed by atoms with van der Waals surface area (Å²) < 4.78 is 0. The van der Waals surface area contributed by atoms with Crippen LogP contribution in [0.4, 0.5) is 11.4 Å². The molecule has 250 valence electrons. The maximum atomic E-state index is 5.21. The number of hydrogen-bond donors (Lipinski definition) is 4. The average Bonchev–Trinajstić information content (AvgIpc) is 3.23. The number of nitrogens with one attached hydrogen (secondary N) is 4. The van der Waals surface area contributed by atoms with Crippen LogP contribution >= 0.6 is 0 Å². The van der Waals surface area contributed by atoms with Gasteiger partial charge in [-0.25, -0.2) is 4.98 Å². The number of rotatable bonds is 5. The smallest absolute Gasteiger partial charge is 0.0947 e. The van der Waals surface area contributed by atoms with Gasteiger partial charge in [0.1, 0.15) is 0 Å². The Bertz CT molecular complexity index is 2490. The fourth-order valence-electron chi connectivity index (χ4n) is 7.71. The van der Waals surface area contributed by atoms with Crippen LogP contribution in [0.2, 0.25) is 0 Å². The lowest BCUT2D eigenvalue weighted by atomic mass is 9.90. The standard InChI is InChI=1S/C47H37N5/c1-2-5-31(6-3-1)40-24-20-35-14-15-36-21-25-41(52-47(36)46(35)51-40)32-10-8-30(9-11-32)37-16-12-33-18-22-42(49-44(33)27-37)38-17-13-34-19-23-43(50-45(34)28-38)39-7-4-26-48-29-39/h1-25,27-29,40,43-44,48-51H,26H2. The summed E-state index contributed by atoms with van der Waals surface area (Å²) in [6.45, 7) is 0.880. The number of nitrogens with zero attached hydrogens (tertiary/aromatic N) is 1. The van der Waals surface area contributed by atoms with Crippen LogP contribution in [0.1, 0.15) is 33.9 Å². The minimum atomic E-state index is 0.0921. The highest BCUT2D eigenvalue weighted by Crippen LogP contribution is 2.37. The first-order valence-electron chi connectivity index (χ1n) is 18.0. The summed E-state index contributed by atoms with van der Waals surface area (Å²) in [5.41, 5.74) is 16.1. The van der Waals surface area contributed by atoms with Gasteiger partial charge < -0.3 is 21.3 Å². The summed E-state index contributed by atoms with van der Waals surface area (Å²) in [6, 6.07) is 35.0. The Morgan fingerprint density at radius 3 is 2.29 bits per heavy atom. The zero-order valence-electron chi connectivity index (χ0n) is 28.6. The van der Waals surface area contributed by atoms with E-state index in [1.165, 1.54) is 39.0 Å². The molecule has 0 saturated heterocycles. The van der Waals surface area contributed by atoms with E-state index >= 15 is 0 Å². The van der Waals surface area contributed by atoms with E-state index in [-0.39, 0.29) is 18.1 Å². The van der Waals surface area contributed by atoms with Crippen LogP contribution in [0, 0.1) is 0 Å². The molecule has 0 saturated carbocycles. The van der Waals surface area contributed by atoms with E-state index in [1.54, 1.807) is 0 Å². The average molecular weight is 672 g/mol. The molecular formula is C47H37N5. The number of allylic oxidation sites excluding steroid dienone is 4. The largest absolute Gasteiger partial charge is 0.387 e. The first-order chi connectivity index (χ1) is 25.7. The maximum Gasteiger partial charge on any atom is 0.0947 e. The molecule has 10 rings (SSSR count). The predicted octanol–water partition coefficient (Wildman–Crippen LogP) is 9.82. The maximum absolute atomic E-state index is 5.21. The third-order valence-corrected chi connectivity index (χ3v) is 10.6. The molecule has 3 atom stereocenters. The van der Waals surface area contributed by atoms with Crippen LogP contribution in [0.25, 0.3) is 45.6 Å². The van der Waals surface area contributed by atoms with Gasteiger partial charge in [-0.3, -0.25) is 0 Å². The monoisotopic (exact) mass is 671 g/mol. The molecule has 0 fully saturated rings. The van der Waals surface area contributed by atoms with E-state index in [2.05, 4.69) is 191 Å². The van der Waals surface area contributed by atoms with Gasteiger partial charge in [-0.05, 0) is 62.7 Å². The molecule has 1 aliphatic carbocycles. The highest BCUT2D eigenvalue weighted by molar-refractivity contribution is 5.97. The number of dihydropyridines is 2. The van der Waals surface area contributed by atoms with Crippen LogP contribution in [-0.4, -0.2) is 23.6 Å². The van der Waals surface area contributed by atoms with Crippen molar-refractivity contribution in [1.82, 2.24) is 15.6 Å². The van der Waals surface area contributed by atoms with Crippen molar-refractivity contribution < 1.29 is 0 Å². The van der Waals surface area contributed by atoms with Crippen LogP contribution < -0.4 is 21.3 Å². The molecule has 4 N–H and O–H groups in total. The van der Waals surface area contributed by atoms with Crippen molar-refractivity contribution in [3.8, 4) is 11.3 Å². The Hall–Kier alpha value is -6.59. The second-order valence-electron chi connectivity index (χ2n) is 13.8. The van der Waals surface area contributed by atoms with E-state index in [4.69, 9.17) is 4.98 Å². The molecule has 1 aromatic heterocycles. The van der Waals surface area contributed by atoms with Gasteiger partial charge >= 0.3 is 0 Å². The molecule has 3 unspecified atom stereocenters. The summed E-state index contributed by atoms with van der Waals surface area (Å²) in [5, 5.41) is 15.8. The number of aromatic nitrogens is 1. The first kappa shape index (κ1) is 30.3. The molecule has 0 spiro atoms. The van der Waals surface area contributed by atoms with Crippen molar-refractivity contribution in [3.63, 3.8) is 0 Å². The summed E-state index contributed by atoms with van der Waals surface area (Å²) in [7, 11) is 0. The summed E-state index contributed by atoms with van der Waals surface area (Å²) in [5.74, 6) is 0. The Kier molecular flexibility index (Phi) is 7.35. The highest BCUT2D eigenvalue weighted by Gasteiger charge is 2.22. The minimum absolute atomic E-state index is 0.0921. The van der Waals surface area contributed by atoms with Crippen molar-refractivity contribution in [2.75, 3.05) is 17.2 Å². The van der Waals surface area contributed by atoms with Crippen molar-refractivity contribution in [3.05, 3.63) is 197 Å². The van der Waals surface area contributed by atoms with Crippen LogP contribution in [0.3, 0.4) is 0 Å². The Morgan fingerprint density at radius 1 is 0.596 bits per heavy atom. The number of anilines is 2. The SMILES string of the molecule is C1=CC(C2C=Cc3ccc(C4=CC=C5C=CC(c6ccc(-c7ccc8ccc9c(c8n7)NC(c7ccccc7)C=C9)cc6)=CC5N4)cc3N2)=CNC1. The van der Waals surface area contributed by atoms with Crippen LogP contribution in [-0.2, 0) is 0 Å². The van der Waals surface area contributed by atoms with E-state index in [0.717, 1.165) is 51.3 Å². The fourth-order valence-corrected chi connectivity index (χ4v) is 7.71. The molecule has 5 heterocycles. The highest BCUT2D eigenvalue weighted by atomic mass is 15.0. The number of pyridine rings is 1. The van der Waals surface area contributed by atoms with E-state index in [0.29, 0.717) is 0 Å². The van der Waals surface area contributed by atoms with Gasteiger partial charge in [0.15, 0.2) is 0 Å². The second kappa shape index (κ2) is 12.6. The molecule has 0 amide bonds. The Balaban J connectivity index is 0.874. The van der Waals surface area contributed by atoms with Gasteiger partial charge in [0, 0.05) is 35.1 Å². The van der Waals surface area contributed by atoms with Crippen molar-refractivity contribution in [1.29, 1.82) is 0 Å². The van der Waals surface area contributed by atoms with Gasteiger partial charge in [-0.2, -0.15) is 0 Å². The van der Waals surface area contributed by atoms with Gasteiger partial charge in [0.2, 0.25) is 0 Å². The van der Waals surface area contributed by atoms with E-state index < -0.39 is 0 Å².